The van der Waals surface area contributed by atoms with Crippen molar-refractivity contribution in [1.29, 1.82) is 0 Å². The van der Waals surface area contributed by atoms with Crippen molar-refractivity contribution in [3.8, 4) is 22.6 Å². The maximum absolute atomic E-state index is 5.64. The van der Waals surface area contributed by atoms with E-state index in [1.807, 2.05) is 12.3 Å². The van der Waals surface area contributed by atoms with Crippen LogP contribution in [0, 0.1) is 0 Å². The topological polar surface area (TPSA) is 70.2 Å². The highest BCUT2D eigenvalue weighted by Crippen LogP contribution is 2.43. The predicted octanol–water partition coefficient (Wildman–Crippen LogP) is 14.6. The van der Waals surface area contributed by atoms with Crippen LogP contribution in [-0.4, -0.2) is 37.9 Å². The van der Waals surface area contributed by atoms with Crippen molar-refractivity contribution in [2.45, 2.75) is 0 Å². The summed E-state index contributed by atoms with van der Waals surface area (Å²) in [6.07, 6.45) is 1.89. The monoisotopic (exact) mass is 866 g/mol. The number of fused-ring (bicyclic) bond motifs is 23. The van der Waals surface area contributed by atoms with Crippen molar-refractivity contribution in [2.75, 3.05) is 0 Å². The minimum absolute atomic E-state index is 0.875. The second kappa shape index (κ2) is 13.1. The Kier molecular flexibility index (Phi) is 6.92. The Hall–Kier alpha value is -9.40. The Bertz CT molecular complexity index is 4850. The number of benzene rings is 8. The molecule has 0 atom stereocenters. The summed E-state index contributed by atoms with van der Waals surface area (Å²) in [5, 5.41) is 8.88. The van der Waals surface area contributed by atoms with Crippen LogP contribution in [0.3, 0.4) is 0 Å². The van der Waals surface area contributed by atoms with E-state index in [9.17, 15) is 0 Å². The molecule has 0 fully saturated rings. The smallest absolute Gasteiger partial charge is 0.148 e. The van der Waals surface area contributed by atoms with Gasteiger partial charge in [0.25, 0.3) is 0 Å². The molecule has 68 heavy (non-hydrogen) atoms. The molecule has 0 aliphatic carbocycles. The molecule has 16 aromatic rings. The third-order valence-corrected chi connectivity index (χ3v) is 14.3. The van der Waals surface area contributed by atoms with Crippen molar-refractivity contribution in [1.82, 2.24) is 37.9 Å². The summed E-state index contributed by atoms with van der Waals surface area (Å²) < 4.78 is 9.47. The van der Waals surface area contributed by atoms with E-state index in [4.69, 9.17) is 19.9 Å². The normalized spacial score (nSPS) is 12.4. The van der Waals surface area contributed by atoms with Gasteiger partial charge in [-0.05, 0) is 103 Å². The van der Waals surface area contributed by atoms with Gasteiger partial charge in [-0.25, -0.2) is 15.0 Å². The molecule has 0 aliphatic rings. The molecule has 8 nitrogen and oxygen atoms in total. The summed E-state index contributed by atoms with van der Waals surface area (Å²) in [5.74, 6) is 0. The molecule has 0 amide bonds. The number of rotatable bonds is 3. The number of aromatic nitrogens is 8. The fourth-order valence-electron chi connectivity index (χ4n) is 11.4. The molecule has 0 bridgehead atoms. The lowest BCUT2D eigenvalue weighted by Crippen LogP contribution is -1.99. The van der Waals surface area contributed by atoms with E-state index < -0.39 is 0 Å². The minimum atomic E-state index is 0.875. The van der Waals surface area contributed by atoms with Gasteiger partial charge in [-0.2, -0.15) is 0 Å². The first-order valence-corrected chi connectivity index (χ1v) is 23.0. The van der Waals surface area contributed by atoms with E-state index in [0.717, 1.165) is 122 Å². The largest absolute Gasteiger partial charge is 0.309 e. The summed E-state index contributed by atoms with van der Waals surface area (Å²) in [6, 6.07) is 71.4. The molecule has 0 saturated heterocycles. The second-order valence-electron chi connectivity index (χ2n) is 17.8. The molecule has 0 unspecified atom stereocenters. The van der Waals surface area contributed by atoms with Crippen LogP contribution in [-0.2, 0) is 0 Å². The van der Waals surface area contributed by atoms with Crippen molar-refractivity contribution in [3.63, 3.8) is 0 Å². The number of pyridine rings is 4. The van der Waals surface area contributed by atoms with E-state index >= 15 is 0 Å². The van der Waals surface area contributed by atoms with Gasteiger partial charge in [0.2, 0.25) is 0 Å². The van der Waals surface area contributed by atoms with Crippen LogP contribution >= 0.6 is 0 Å². The summed E-state index contributed by atoms with van der Waals surface area (Å²) in [4.78, 5) is 21.3. The Balaban J connectivity index is 0.995. The minimum Gasteiger partial charge on any atom is -0.309 e. The van der Waals surface area contributed by atoms with Crippen LogP contribution in [0.2, 0.25) is 0 Å². The first-order chi connectivity index (χ1) is 33.7. The molecule has 0 N–H and O–H groups in total. The van der Waals surface area contributed by atoms with Crippen LogP contribution in [0.1, 0.15) is 0 Å². The van der Waals surface area contributed by atoms with Crippen LogP contribution < -0.4 is 0 Å². The summed E-state index contributed by atoms with van der Waals surface area (Å²) >= 11 is 0. The Morgan fingerprint density at radius 1 is 0.309 bits per heavy atom. The lowest BCUT2D eigenvalue weighted by Gasteiger charge is -2.14. The standard InChI is InChI=1S/C60H34N8/c1-3-14-36(15-4-1)65-49-22-10-8-19-39(49)44-33-53-45(34-52(44)65)55-42(20-13-31-61-55)59-64-48-29-25-35(32-54(48)67(53)59)46-30-28-43-56(62-46)41-27-26-40-38-18-7-11-23-50(38)66(37-16-5-2-6-17-37)57(40)58(41)68-51-24-12-9-21-47(51)63-60(43)68/h1-34H. The highest BCUT2D eigenvalue weighted by molar-refractivity contribution is 6.24. The predicted molar refractivity (Wildman–Crippen MR) is 279 cm³/mol. The quantitative estimate of drug-likeness (QED) is 0.166. The Morgan fingerprint density at radius 3 is 1.72 bits per heavy atom. The van der Waals surface area contributed by atoms with Gasteiger partial charge < -0.3 is 9.13 Å². The van der Waals surface area contributed by atoms with Crippen LogP contribution in [0.25, 0.3) is 143 Å². The number of hydrogen-bond donors (Lipinski definition) is 0. The van der Waals surface area contributed by atoms with Crippen LogP contribution in [0.5, 0.6) is 0 Å². The molecule has 8 heteroatoms. The van der Waals surface area contributed by atoms with Gasteiger partial charge in [0, 0.05) is 66.2 Å². The van der Waals surface area contributed by atoms with Crippen molar-refractivity contribution >= 4 is 121 Å². The molecule has 0 radical (unpaired) electrons. The maximum atomic E-state index is 5.64. The van der Waals surface area contributed by atoms with Gasteiger partial charge >= 0.3 is 0 Å². The van der Waals surface area contributed by atoms with E-state index in [2.05, 4.69) is 212 Å². The van der Waals surface area contributed by atoms with Crippen LogP contribution in [0.4, 0.5) is 0 Å². The van der Waals surface area contributed by atoms with E-state index in [1.165, 1.54) is 21.5 Å². The zero-order chi connectivity index (χ0) is 44.2. The summed E-state index contributed by atoms with van der Waals surface area (Å²) in [7, 11) is 0. The Labute approximate surface area is 385 Å². The van der Waals surface area contributed by atoms with Gasteiger partial charge in [-0.15, -0.1) is 0 Å². The zero-order valence-electron chi connectivity index (χ0n) is 36.2. The maximum Gasteiger partial charge on any atom is 0.148 e. The fraction of sp³-hybridized carbons (Fsp3) is 0. The van der Waals surface area contributed by atoms with E-state index in [-0.39, 0.29) is 0 Å². The van der Waals surface area contributed by atoms with Gasteiger partial charge in [-0.1, -0.05) is 97.1 Å². The van der Waals surface area contributed by atoms with Crippen molar-refractivity contribution in [2.24, 2.45) is 0 Å². The van der Waals surface area contributed by atoms with E-state index in [0.29, 0.717) is 0 Å². The van der Waals surface area contributed by atoms with Gasteiger partial charge in [0.05, 0.1) is 71.9 Å². The summed E-state index contributed by atoms with van der Waals surface area (Å²) in [6.45, 7) is 0. The molecule has 314 valence electrons. The Morgan fingerprint density at radius 2 is 0.912 bits per heavy atom. The number of hydrogen-bond acceptors (Lipinski definition) is 4. The van der Waals surface area contributed by atoms with Crippen molar-refractivity contribution in [3.05, 3.63) is 206 Å². The molecule has 8 heterocycles. The molecule has 16 rings (SSSR count). The zero-order valence-corrected chi connectivity index (χ0v) is 36.2. The average Bonchev–Trinajstić information content (AvgIpc) is 4.17. The third-order valence-electron chi connectivity index (χ3n) is 14.3. The van der Waals surface area contributed by atoms with Crippen molar-refractivity contribution < 1.29 is 0 Å². The summed E-state index contributed by atoms with van der Waals surface area (Å²) in [5.41, 5.74) is 18.3. The number of imidazole rings is 2. The number of nitrogens with zero attached hydrogens (tertiary/aromatic N) is 8. The fourth-order valence-corrected chi connectivity index (χ4v) is 11.4. The highest BCUT2D eigenvalue weighted by Gasteiger charge is 2.23. The highest BCUT2D eigenvalue weighted by atomic mass is 15.1. The second-order valence-corrected chi connectivity index (χ2v) is 17.8. The lowest BCUT2D eigenvalue weighted by molar-refractivity contribution is 1.18. The molecule has 0 aliphatic heterocycles. The molecule has 0 spiro atoms. The first-order valence-electron chi connectivity index (χ1n) is 23.0. The van der Waals surface area contributed by atoms with Gasteiger partial charge in [0.15, 0.2) is 0 Å². The lowest BCUT2D eigenvalue weighted by atomic mass is 10.0. The average molecular weight is 867 g/mol. The number of para-hydroxylation sites is 6. The SMILES string of the molecule is c1ccc(-n2c3ccccc3c3cc4c(cc32)c2ncccc2c2nc3ccc(-c5ccc6c(n5)c5ccc7c8ccccc8n(-c8ccccc8)c7c5n5c7ccccc7nc65)cc3n42)cc1. The van der Waals surface area contributed by atoms with E-state index in [1.54, 1.807) is 0 Å². The molecular weight excluding hydrogens is 833 g/mol. The van der Waals surface area contributed by atoms with Crippen LogP contribution in [0.15, 0.2) is 206 Å². The molecule has 0 saturated carbocycles. The third kappa shape index (κ3) is 4.67. The van der Waals surface area contributed by atoms with Gasteiger partial charge in [-0.3, -0.25) is 13.8 Å². The molecule has 8 aromatic heterocycles. The molecular formula is C60H34N8. The first kappa shape index (κ1) is 35.9. The molecule has 8 aromatic carbocycles. The van der Waals surface area contributed by atoms with Gasteiger partial charge in [0.1, 0.15) is 11.3 Å².